The number of benzene rings is 1. The van der Waals surface area contributed by atoms with E-state index in [1.165, 1.54) is 22.0 Å². The topological polar surface area (TPSA) is 38.7 Å². The average molecular weight is 373 g/mol. The first-order chi connectivity index (χ1) is 13.3. The summed E-state index contributed by atoms with van der Waals surface area (Å²) in [6.07, 6.45) is 11.6. The van der Waals surface area contributed by atoms with Gasteiger partial charge in [-0.2, -0.15) is 0 Å². The summed E-state index contributed by atoms with van der Waals surface area (Å²) in [6, 6.07) is 19.2. The number of halogens is 1. The lowest BCUT2D eigenvalue weighted by molar-refractivity contribution is 0.626. The van der Waals surface area contributed by atoms with Gasteiger partial charge in [-0.1, -0.05) is 12.1 Å². The van der Waals surface area contributed by atoms with Crippen LogP contribution in [0.2, 0.25) is 0 Å². The molecule has 0 unspecified atom stereocenters. The Morgan fingerprint density at radius 1 is 0.630 bits per heavy atom. The highest BCUT2D eigenvalue weighted by molar-refractivity contribution is 7.95. The highest BCUT2D eigenvalue weighted by Crippen LogP contribution is 2.57. The second-order valence-electron chi connectivity index (χ2n) is 6.21. The molecule has 0 fully saturated rings. The third kappa shape index (κ3) is 3.49. The van der Waals surface area contributed by atoms with E-state index in [1.54, 1.807) is 12.1 Å². The van der Waals surface area contributed by atoms with Gasteiger partial charge in [-0.15, -0.1) is 0 Å². The van der Waals surface area contributed by atoms with Gasteiger partial charge in [0.1, 0.15) is 29.0 Å². The number of aromatic nitrogens is 3. The highest BCUT2D eigenvalue weighted by Gasteiger charge is 2.45. The molecular weight excluding hydrogens is 355 g/mol. The molecule has 0 aliphatic rings. The van der Waals surface area contributed by atoms with Crippen molar-refractivity contribution in [2.75, 3.05) is 0 Å². The van der Waals surface area contributed by atoms with E-state index in [1.807, 2.05) is 43.2 Å². The predicted molar refractivity (Wildman–Crippen MR) is 109 cm³/mol. The summed E-state index contributed by atoms with van der Waals surface area (Å²) >= 11 is 0. The maximum Gasteiger partial charge on any atom is 0.123 e. The number of rotatable bonds is 5. The zero-order valence-electron chi connectivity index (χ0n) is 14.6. The van der Waals surface area contributed by atoms with Crippen LogP contribution in [0.1, 0.15) is 5.56 Å². The minimum Gasteiger partial charge on any atom is -0.264 e. The third-order valence-electron chi connectivity index (χ3n) is 4.62. The molecule has 0 bridgehead atoms. The molecule has 5 heteroatoms. The fourth-order valence-electron chi connectivity index (χ4n) is 3.43. The van der Waals surface area contributed by atoms with E-state index in [2.05, 4.69) is 51.4 Å². The molecule has 132 valence electrons. The van der Waals surface area contributed by atoms with Crippen LogP contribution in [0.4, 0.5) is 4.39 Å². The van der Waals surface area contributed by atoms with Crippen molar-refractivity contribution in [3.63, 3.8) is 0 Å². The summed E-state index contributed by atoms with van der Waals surface area (Å²) in [5.41, 5.74) is 0.966. The molecule has 3 heterocycles. The van der Waals surface area contributed by atoms with Gasteiger partial charge in [-0.05, 0) is 54.1 Å². The summed E-state index contributed by atoms with van der Waals surface area (Å²) in [4.78, 5) is 12.6. The zero-order valence-corrected chi connectivity index (χ0v) is 15.5. The molecule has 4 rings (SSSR count). The Morgan fingerprint density at radius 3 is 1.48 bits per heavy atom. The maximum atomic E-state index is 13.9. The average Bonchev–Trinajstić information content (AvgIpc) is 2.74. The van der Waals surface area contributed by atoms with E-state index in [0.717, 1.165) is 5.56 Å². The fraction of sp³-hybridized carbons (Fsp3) is 0.0455. The monoisotopic (exact) mass is 373 g/mol. The summed E-state index contributed by atoms with van der Waals surface area (Å²) in [5, 5.41) is 3.58. The van der Waals surface area contributed by atoms with Crippen molar-refractivity contribution in [3.8, 4) is 0 Å². The van der Waals surface area contributed by atoms with Gasteiger partial charge < -0.3 is 0 Å². The highest BCUT2D eigenvalue weighted by atomic mass is 31.2. The molecule has 0 saturated heterocycles. The van der Waals surface area contributed by atoms with Crippen molar-refractivity contribution in [1.82, 2.24) is 15.0 Å². The molecule has 3 aromatic heterocycles. The molecule has 27 heavy (non-hydrogen) atoms. The SMILES string of the molecule is [18F]c1cccc(C[P+](c2ccncc2)(c2ccncc2)c2ccncc2)c1. The van der Waals surface area contributed by atoms with Gasteiger partial charge in [0, 0.05) is 37.2 Å². The normalized spacial score (nSPS) is 11.3. The van der Waals surface area contributed by atoms with Gasteiger partial charge in [0.05, 0.1) is 6.16 Å². The predicted octanol–water partition coefficient (Wildman–Crippen LogP) is 3.50. The lowest BCUT2D eigenvalue weighted by Gasteiger charge is -2.27. The van der Waals surface area contributed by atoms with Crippen molar-refractivity contribution >= 4 is 23.2 Å². The second-order valence-corrected chi connectivity index (χ2v) is 9.70. The molecule has 4 aromatic rings. The Kier molecular flexibility index (Phi) is 4.99. The van der Waals surface area contributed by atoms with Crippen molar-refractivity contribution in [1.29, 1.82) is 0 Å². The number of hydrogen-bond acceptors (Lipinski definition) is 3. The molecule has 0 spiro atoms. The van der Waals surface area contributed by atoms with Crippen molar-refractivity contribution in [3.05, 3.63) is 109 Å². The molecule has 3 nitrogen and oxygen atoms in total. The summed E-state index contributed by atoms with van der Waals surface area (Å²) in [7, 11) is -2.08. The van der Waals surface area contributed by atoms with E-state index >= 15 is 0 Å². The molecule has 1 aromatic carbocycles. The van der Waals surface area contributed by atoms with Crippen LogP contribution in [0, 0.1) is 5.82 Å². The van der Waals surface area contributed by atoms with Crippen LogP contribution in [-0.4, -0.2) is 15.0 Å². The first-order valence-electron chi connectivity index (χ1n) is 8.63. The summed E-state index contributed by atoms with van der Waals surface area (Å²) < 4.78 is 13.9. The third-order valence-corrected chi connectivity index (χ3v) is 9.00. The molecule has 0 radical (unpaired) electrons. The Morgan fingerprint density at radius 2 is 1.07 bits per heavy atom. The van der Waals surface area contributed by atoms with Crippen molar-refractivity contribution in [2.45, 2.75) is 6.16 Å². The van der Waals surface area contributed by atoms with Gasteiger partial charge in [-0.25, -0.2) is 4.39 Å². The second kappa shape index (κ2) is 7.73. The summed E-state index contributed by atoms with van der Waals surface area (Å²) in [6.45, 7) is 0. The molecule has 0 aliphatic heterocycles. The van der Waals surface area contributed by atoms with E-state index in [0.29, 0.717) is 6.16 Å². The van der Waals surface area contributed by atoms with Crippen LogP contribution >= 0.6 is 7.26 Å². The first-order valence-corrected chi connectivity index (χ1v) is 10.6. The molecule has 0 aliphatic carbocycles. The van der Waals surface area contributed by atoms with Crippen LogP contribution < -0.4 is 15.9 Å². The molecule has 0 amide bonds. The van der Waals surface area contributed by atoms with Crippen LogP contribution in [-0.2, 0) is 6.16 Å². The molecule has 0 atom stereocenters. The van der Waals surface area contributed by atoms with Crippen molar-refractivity contribution in [2.24, 2.45) is 0 Å². The summed E-state index contributed by atoms with van der Waals surface area (Å²) in [5.74, 6) is -0.218. The standard InChI is InChI=1S/C22H18FN3P/c23-19-3-1-2-18(16-19)17-27(20-4-10-24-11-5-20,21-6-12-25-13-7-21)22-8-14-26-15-9-22/h1-16H,17H2/q+1/i23-1. The van der Waals surface area contributed by atoms with Gasteiger partial charge in [0.2, 0.25) is 0 Å². The van der Waals surface area contributed by atoms with Crippen LogP contribution in [0.25, 0.3) is 0 Å². The molecular formula is C22H18FN3P+. The largest absolute Gasteiger partial charge is 0.264 e. The lowest BCUT2D eigenvalue weighted by atomic mass is 10.2. The van der Waals surface area contributed by atoms with Crippen LogP contribution in [0.3, 0.4) is 0 Å². The minimum absolute atomic E-state index is 0.218. The van der Waals surface area contributed by atoms with E-state index in [-0.39, 0.29) is 5.82 Å². The van der Waals surface area contributed by atoms with Gasteiger partial charge in [0.15, 0.2) is 0 Å². The smallest absolute Gasteiger partial charge is 0.123 e. The van der Waals surface area contributed by atoms with Crippen LogP contribution in [0.15, 0.2) is 97.8 Å². The number of hydrogen-bond donors (Lipinski definition) is 0. The molecule has 0 N–H and O–H groups in total. The lowest BCUT2D eigenvalue weighted by Crippen LogP contribution is -2.32. The zero-order chi connectivity index (χ0) is 18.5. The maximum absolute atomic E-state index is 13.9. The van der Waals surface area contributed by atoms with Crippen LogP contribution in [0.5, 0.6) is 0 Å². The number of nitrogens with zero attached hydrogens (tertiary/aromatic N) is 3. The Balaban J connectivity index is 2.00. The van der Waals surface area contributed by atoms with Gasteiger partial charge >= 0.3 is 0 Å². The van der Waals surface area contributed by atoms with Gasteiger partial charge in [-0.3, -0.25) is 15.0 Å². The first kappa shape index (κ1) is 17.4. The Bertz CT molecular complexity index is 914. The Hall–Kier alpha value is -2.97. The van der Waals surface area contributed by atoms with Gasteiger partial charge in [0.25, 0.3) is 0 Å². The van der Waals surface area contributed by atoms with E-state index in [4.69, 9.17) is 0 Å². The van der Waals surface area contributed by atoms with Crippen molar-refractivity contribution < 1.29 is 4.39 Å². The fourth-order valence-corrected chi connectivity index (χ4v) is 7.54. The van der Waals surface area contributed by atoms with E-state index < -0.39 is 7.26 Å². The van der Waals surface area contributed by atoms with E-state index in [9.17, 15) is 4.39 Å². The number of pyridine rings is 3. The molecule has 0 saturated carbocycles. The minimum atomic E-state index is -2.08. The Labute approximate surface area is 158 Å². The quantitative estimate of drug-likeness (QED) is 0.503.